The van der Waals surface area contributed by atoms with Crippen LogP contribution in [0, 0.1) is 6.92 Å². The van der Waals surface area contributed by atoms with Gasteiger partial charge in [-0.3, -0.25) is 0 Å². The average molecular weight is 181 g/mol. The fourth-order valence-corrected chi connectivity index (χ4v) is 1.35. The molecule has 0 aliphatic rings. The minimum Gasteiger partial charge on any atom is -0.478 e. The molecule has 0 bridgehead atoms. The van der Waals surface area contributed by atoms with Gasteiger partial charge in [0.15, 0.2) is 0 Å². The lowest BCUT2D eigenvalue weighted by Gasteiger charge is -2.04. The van der Waals surface area contributed by atoms with Crippen LogP contribution in [0.2, 0.25) is 0 Å². The lowest BCUT2D eigenvalue weighted by molar-refractivity contribution is 0.0696. The van der Waals surface area contributed by atoms with Crippen LogP contribution in [0.3, 0.4) is 0 Å². The molecule has 1 rings (SSSR count). The Morgan fingerprint density at radius 3 is 2.77 bits per heavy atom. The molecule has 3 heteroatoms. The van der Waals surface area contributed by atoms with E-state index in [1.165, 1.54) is 0 Å². The molecule has 72 valence electrons. The third-order valence-electron chi connectivity index (χ3n) is 2.22. The SMILES string of the molecule is CCCCn1ccc(C(=O)O)c1C. The van der Waals surface area contributed by atoms with E-state index in [9.17, 15) is 4.79 Å². The molecule has 1 heterocycles. The van der Waals surface area contributed by atoms with Gasteiger partial charge in [-0.15, -0.1) is 0 Å². The highest BCUT2D eigenvalue weighted by molar-refractivity contribution is 5.88. The van der Waals surface area contributed by atoms with Gasteiger partial charge in [0.05, 0.1) is 5.56 Å². The molecule has 0 unspecified atom stereocenters. The van der Waals surface area contributed by atoms with Crippen LogP contribution < -0.4 is 0 Å². The largest absolute Gasteiger partial charge is 0.478 e. The first-order chi connectivity index (χ1) is 6.16. The Bertz CT molecular complexity index is 302. The summed E-state index contributed by atoms with van der Waals surface area (Å²) in [7, 11) is 0. The van der Waals surface area contributed by atoms with Gasteiger partial charge in [-0.05, 0) is 19.4 Å². The first kappa shape index (κ1) is 9.84. The van der Waals surface area contributed by atoms with Crippen LogP contribution in [-0.2, 0) is 6.54 Å². The van der Waals surface area contributed by atoms with Crippen molar-refractivity contribution in [2.24, 2.45) is 0 Å². The van der Waals surface area contributed by atoms with Crippen LogP contribution in [0.1, 0.15) is 35.8 Å². The number of carbonyl (C=O) groups is 1. The van der Waals surface area contributed by atoms with Gasteiger partial charge in [-0.2, -0.15) is 0 Å². The van der Waals surface area contributed by atoms with Gasteiger partial charge >= 0.3 is 5.97 Å². The Morgan fingerprint density at radius 2 is 2.31 bits per heavy atom. The van der Waals surface area contributed by atoms with Crippen molar-refractivity contribution in [2.75, 3.05) is 0 Å². The molecular weight excluding hydrogens is 166 g/mol. The number of carboxylic acids is 1. The standard InChI is InChI=1S/C10H15NO2/c1-3-4-6-11-7-5-9(8(11)2)10(12)13/h5,7H,3-4,6H2,1-2H3,(H,12,13). The third-order valence-corrected chi connectivity index (χ3v) is 2.22. The third kappa shape index (κ3) is 2.11. The van der Waals surface area contributed by atoms with Crippen LogP contribution in [0.25, 0.3) is 0 Å². The van der Waals surface area contributed by atoms with E-state index in [0.29, 0.717) is 5.56 Å². The van der Waals surface area contributed by atoms with E-state index < -0.39 is 5.97 Å². The Hall–Kier alpha value is -1.25. The molecule has 13 heavy (non-hydrogen) atoms. The average Bonchev–Trinajstić information content (AvgIpc) is 2.43. The molecule has 0 radical (unpaired) electrons. The molecule has 0 aromatic carbocycles. The van der Waals surface area contributed by atoms with E-state index in [4.69, 9.17) is 5.11 Å². The summed E-state index contributed by atoms with van der Waals surface area (Å²) in [5.41, 5.74) is 1.26. The van der Waals surface area contributed by atoms with E-state index in [1.807, 2.05) is 17.7 Å². The van der Waals surface area contributed by atoms with Gasteiger partial charge in [-0.1, -0.05) is 13.3 Å². The van der Waals surface area contributed by atoms with Gasteiger partial charge in [0.1, 0.15) is 0 Å². The number of aryl methyl sites for hydroxylation is 1. The summed E-state index contributed by atoms with van der Waals surface area (Å²) in [4.78, 5) is 10.7. The number of rotatable bonds is 4. The molecule has 3 nitrogen and oxygen atoms in total. The van der Waals surface area contributed by atoms with Crippen molar-refractivity contribution in [2.45, 2.75) is 33.2 Å². The van der Waals surface area contributed by atoms with E-state index in [1.54, 1.807) is 6.07 Å². The number of nitrogens with zero attached hydrogens (tertiary/aromatic N) is 1. The molecule has 0 aliphatic carbocycles. The number of hydrogen-bond acceptors (Lipinski definition) is 1. The van der Waals surface area contributed by atoms with E-state index in [0.717, 1.165) is 25.1 Å². The molecule has 0 fully saturated rings. The quantitative estimate of drug-likeness (QED) is 0.774. The van der Waals surface area contributed by atoms with Gasteiger partial charge in [0.25, 0.3) is 0 Å². The van der Waals surface area contributed by atoms with Crippen LogP contribution in [0.5, 0.6) is 0 Å². The molecule has 0 atom stereocenters. The van der Waals surface area contributed by atoms with Gasteiger partial charge in [-0.25, -0.2) is 4.79 Å². The Morgan fingerprint density at radius 1 is 1.62 bits per heavy atom. The first-order valence-electron chi connectivity index (χ1n) is 4.55. The van der Waals surface area contributed by atoms with Gasteiger partial charge < -0.3 is 9.67 Å². The number of unbranched alkanes of at least 4 members (excludes halogenated alkanes) is 1. The zero-order valence-corrected chi connectivity index (χ0v) is 8.08. The summed E-state index contributed by atoms with van der Waals surface area (Å²) in [6, 6.07) is 1.66. The van der Waals surface area contributed by atoms with Crippen molar-refractivity contribution in [3.05, 3.63) is 23.5 Å². The summed E-state index contributed by atoms with van der Waals surface area (Å²) in [5, 5.41) is 8.79. The zero-order chi connectivity index (χ0) is 9.84. The van der Waals surface area contributed by atoms with Crippen molar-refractivity contribution < 1.29 is 9.90 Å². The second kappa shape index (κ2) is 4.12. The molecule has 1 aromatic heterocycles. The minimum absolute atomic E-state index is 0.413. The number of aromatic carboxylic acids is 1. The molecule has 1 N–H and O–H groups in total. The highest BCUT2D eigenvalue weighted by Gasteiger charge is 2.09. The number of aromatic nitrogens is 1. The predicted molar refractivity (Wildman–Crippen MR) is 51.0 cm³/mol. The lowest BCUT2D eigenvalue weighted by atomic mass is 10.2. The summed E-state index contributed by atoms with van der Waals surface area (Å²) >= 11 is 0. The molecule has 1 aromatic rings. The summed E-state index contributed by atoms with van der Waals surface area (Å²) in [5.74, 6) is -0.840. The number of hydrogen-bond donors (Lipinski definition) is 1. The fourth-order valence-electron chi connectivity index (χ4n) is 1.35. The molecular formula is C10H15NO2. The van der Waals surface area contributed by atoms with Crippen molar-refractivity contribution >= 4 is 5.97 Å². The second-order valence-corrected chi connectivity index (χ2v) is 3.17. The highest BCUT2D eigenvalue weighted by Crippen LogP contribution is 2.10. The van der Waals surface area contributed by atoms with Crippen molar-refractivity contribution in [1.29, 1.82) is 0 Å². The molecule has 0 saturated carbocycles. The van der Waals surface area contributed by atoms with Crippen LogP contribution in [-0.4, -0.2) is 15.6 Å². The molecule has 0 aliphatic heterocycles. The van der Waals surface area contributed by atoms with Crippen LogP contribution in [0.15, 0.2) is 12.3 Å². The van der Waals surface area contributed by atoms with Crippen LogP contribution in [0.4, 0.5) is 0 Å². The molecule has 0 amide bonds. The normalized spacial score (nSPS) is 10.3. The monoisotopic (exact) mass is 181 g/mol. The smallest absolute Gasteiger partial charge is 0.337 e. The van der Waals surface area contributed by atoms with E-state index in [-0.39, 0.29) is 0 Å². The molecule has 0 spiro atoms. The van der Waals surface area contributed by atoms with E-state index >= 15 is 0 Å². The summed E-state index contributed by atoms with van der Waals surface area (Å²) < 4.78 is 1.99. The lowest BCUT2D eigenvalue weighted by Crippen LogP contribution is -2.02. The van der Waals surface area contributed by atoms with Crippen molar-refractivity contribution in [3.63, 3.8) is 0 Å². The zero-order valence-electron chi connectivity index (χ0n) is 8.08. The maximum absolute atomic E-state index is 10.7. The van der Waals surface area contributed by atoms with Crippen molar-refractivity contribution in [3.8, 4) is 0 Å². The summed E-state index contributed by atoms with van der Waals surface area (Å²) in [6.07, 6.45) is 4.06. The summed E-state index contributed by atoms with van der Waals surface area (Å²) in [6.45, 7) is 4.88. The maximum atomic E-state index is 10.7. The van der Waals surface area contributed by atoms with Gasteiger partial charge in [0, 0.05) is 18.4 Å². The van der Waals surface area contributed by atoms with Crippen LogP contribution >= 0.6 is 0 Å². The predicted octanol–water partition coefficient (Wildman–Crippen LogP) is 2.29. The van der Waals surface area contributed by atoms with E-state index in [2.05, 4.69) is 6.92 Å². The Labute approximate surface area is 78.0 Å². The van der Waals surface area contributed by atoms with Gasteiger partial charge in [0.2, 0.25) is 0 Å². The van der Waals surface area contributed by atoms with Crippen molar-refractivity contribution in [1.82, 2.24) is 4.57 Å². The topological polar surface area (TPSA) is 42.2 Å². The maximum Gasteiger partial charge on any atom is 0.337 e. The highest BCUT2D eigenvalue weighted by atomic mass is 16.4. The number of carboxylic acid groups (broad SMARTS) is 1. The molecule has 0 saturated heterocycles. The minimum atomic E-state index is -0.840. The fraction of sp³-hybridized carbons (Fsp3) is 0.500. The Kier molecular flexibility index (Phi) is 3.12. The first-order valence-corrected chi connectivity index (χ1v) is 4.55. The second-order valence-electron chi connectivity index (χ2n) is 3.17. The Balaban J connectivity index is 2.80.